The number of benzene rings is 1. The molecule has 0 spiro atoms. The molecule has 2 unspecified atom stereocenters. The van der Waals surface area contributed by atoms with Gasteiger partial charge in [-0.3, -0.25) is 0 Å². The summed E-state index contributed by atoms with van der Waals surface area (Å²) in [5.74, 6) is 0.682. The van der Waals surface area contributed by atoms with Crippen molar-refractivity contribution in [3.63, 3.8) is 0 Å². The van der Waals surface area contributed by atoms with Gasteiger partial charge in [-0.05, 0) is 24.6 Å². The molecule has 0 amide bonds. The van der Waals surface area contributed by atoms with Crippen molar-refractivity contribution in [1.82, 2.24) is 0 Å². The fraction of sp³-hybridized carbons (Fsp3) is 0.357. The molecule has 0 saturated carbocycles. The molecular weight excluding hydrogens is 300 g/mol. The first-order valence-electron chi connectivity index (χ1n) is 5.91. The van der Waals surface area contributed by atoms with Crippen LogP contribution in [0.2, 0.25) is 5.02 Å². The fourth-order valence-electron chi connectivity index (χ4n) is 1.62. The summed E-state index contributed by atoms with van der Waals surface area (Å²) in [6, 6.07) is 7.92. The minimum Gasteiger partial charge on any atom is -0.461 e. The Kier molecular flexibility index (Phi) is 5.25. The van der Waals surface area contributed by atoms with Crippen LogP contribution in [0.1, 0.15) is 17.1 Å². The average molecular weight is 315 g/mol. The van der Waals surface area contributed by atoms with E-state index in [1.54, 1.807) is 6.92 Å². The maximum absolute atomic E-state index is 11.3. The summed E-state index contributed by atoms with van der Waals surface area (Å²) in [6.07, 6.45) is 0. The zero-order valence-corrected chi connectivity index (χ0v) is 13.0. The predicted molar refractivity (Wildman–Crippen MR) is 83.8 cm³/mol. The maximum Gasteiger partial charge on any atom is 0.333 e. The Hall–Kier alpha value is -0.580. The van der Waals surface area contributed by atoms with Crippen molar-refractivity contribution < 1.29 is 9.53 Å². The molecule has 0 N–H and O–H groups in total. The lowest BCUT2D eigenvalue weighted by Crippen LogP contribution is -2.16. The van der Waals surface area contributed by atoms with Crippen LogP contribution in [-0.2, 0) is 9.53 Å². The number of hydrogen-bond donors (Lipinski definition) is 0. The maximum atomic E-state index is 11.3. The van der Waals surface area contributed by atoms with Gasteiger partial charge in [-0.2, -0.15) is 0 Å². The average Bonchev–Trinajstić information content (AvgIpc) is 2.85. The molecule has 1 aromatic rings. The minimum absolute atomic E-state index is 0.305. The number of carbonyl (C=O) groups is 1. The van der Waals surface area contributed by atoms with E-state index in [2.05, 4.69) is 18.7 Å². The number of esters is 1. The topological polar surface area (TPSA) is 26.3 Å². The molecule has 1 saturated heterocycles. The van der Waals surface area contributed by atoms with Gasteiger partial charge in [-0.25, -0.2) is 4.79 Å². The molecule has 19 heavy (non-hydrogen) atoms. The van der Waals surface area contributed by atoms with Crippen LogP contribution in [0.5, 0.6) is 0 Å². The Morgan fingerprint density at radius 1 is 1.47 bits per heavy atom. The number of carbonyl (C=O) groups excluding carboxylic acids is 1. The highest BCUT2D eigenvalue weighted by atomic mass is 35.5. The third kappa shape index (κ3) is 4.20. The van der Waals surface area contributed by atoms with Crippen LogP contribution < -0.4 is 0 Å². The molecule has 5 heteroatoms. The van der Waals surface area contributed by atoms with Gasteiger partial charge in [-0.15, -0.1) is 23.5 Å². The molecule has 1 aliphatic heterocycles. The largest absolute Gasteiger partial charge is 0.461 e. The molecule has 2 atom stereocenters. The van der Waals surface area contributed by atoms with Crippen molar-refractivity contribution >= 4 is 41.1 Å². The molecule has 1 aromatic carbocycles. The van der Waals surface area contributed by atoms with Gasteiger partial charge in [0.1, 0.15) is 6.61 Å². The standard InChI is InChI=1S/C14H15ClO2S2/c1-9(2)13(16)17-7-12-8-18-14(19-12)10-3-5-11(15)6-4-10/h3-6,12,14H,1,7-8H2,2H3. The number of ether oxygens (including phenoxy) is 1. The lowest BCUT2D eigenvalue weighted by molar-refractivity contribution is -0.138. The fourth-order valence-corrected chi connectivity index (χ4v) is 4.97. The van der Waals surface area contributed by atoms with Gasteiger partial charge in [0.25, 0.3) is 0 Å². The lowest BCUT2D eigenvalue weighted by Gasteiger charge is -2.11. The molecule has 0 aliphatic carbocycles. The Labute approximate surface area is 126 Å². The highest BCUT2D eigenvalue weighted by Crippen LogP contribution is 2.49. The van der Waals surface area contributed by atoms with E-state index in [9.17, 15) is 4.79 Å². The molecule has 1 aliphatic rings. The van der Waals surface area contributed by atoms with Crippen molar-refractivity contribution in [2.24, 2.45) is 0 Å². The van der Waals surface area contributed by atoms with Gasteiger partial charge in [-0.1, -0.05) is 30.3 Å². The van der Waals surface area contributed by atoms with E-state index in [1.165, 1.54) is 5.56 Å². The number of halogens is 1. The van der Waals surface area contributed by atoms with Crippen LogP contribution in [0.4, 0.5) is 0 Å². The van der Waals surface area contributed by atoms with Crippen LogP contribution in [0.15, 0.2) is 36.4 Å². The highest BCUT2D eigenvalue weighted by Gasteiger charge is 2.28. The van der Waals surface area contributed by atoms with E-state index in [1.807, 2.05) is 35.7 Å². The van der Waals surface area contributed by atoms with Gasteiger partial charge in [0.05, 0.1) is 4.58 Å². The monoisotopic (exact) mass is 314 g/mol. The molecule has 102 valence electrons. The van der Waals surface area contributed by atoms with Crippen molar-refractivity contribution in [3.8, 4) is 0 Å². The number of hydrogen-bond acceptors (Lipinski definition) is 4. The second-order valence-electron chi connectivity index (χ2n) is 4.35. The first-order valence-corrected chi connectivity index (χ1v) is 8.28. The third-order valence-electron chi connectivity index (χ3n) is 2.64. The molecule has 0 aromatic heterocycles. The normalized spacial score (nSPS) is 22.2. The summed E-state index contributed by atoms with van der Waals surface area (Å²) in [5.41, 5.74) is 1.71. The van der Waals surface area contributed by atoms with Crippen molar-refractivity contribution in [3.05, 3.63) is 47.0 Å². The first kappa shape index (κ1) is 14.8. The summed E-state index contributed by atoms with van der Waals surface area (Å²) in [4.78, 5) is 11.3. The van der Waals surface area contributed by atoms with Gasteiger partial charge >= 0.3 is 5.97 Å². The molecule has 2 rings (SSSR count). The van der Waals surface area contributed by atoms with E-state index in [-0.39, 0.29) is 5.97 Å². The van der Waals surface area contributed by atoms with E-state index >= 15 is 0 Å². The van der Waals surface area contributed by atoms with Crippen molar-refractivity contribution in [2.75, 3.05) is 12.4 Å². The molecular formula is C14H15ClO2S2. The quantitative estimate of drug-likeness (QED) is 0.611. The SMILES string of the molecule is C=C(C)C(=O)OCC1CSC(c2ccc(Cl)cc2)S1. The van der Waals surface area contributed by atoms with E-state index < -0.39 is 0 Å². The van der Waals surface area contributed by atoms with Gasteiger partial charge in [0.2, 0.25) is 0 Å². The molecule has 0 radical (unpaired) electrons. The zero-order chi connectivity index (χ0) is 13.8. The second-order valence-corrected chi connectivity index (χ2v) is 7.64. The van der Waals surface area contributed by atoms with Gasteiger partial charge in [0.15, 0.2) is 0 Å². The molecule has 1 heterocycles. The van der Waals surface area contributed by atoms with Crippen LogP contribution in [0.25, 0.3) is 0 Å². The van der Waals surface area contributed by atoms with E-state index in [0.29, 0.717) is 22.0 Å². The Morgan fingerprint density at radius 2 is 2.16 bits per heavy atom. The summed E-state index contributed by atoms with van der Waals surface area (Å²) >= 11 is 9.59. The molecule has 0 bridgehead atoms. The van der Waals surface area contributed by atoms with Crippen molar-refractivity contribution in [2.45, 2.75) is 16.8 Å². The lowest BCUT2D eigenvalue weighted by atomic mass is 10.2. The van der Waals surface area contributed by atoms with Crippen LogP contribution in [-0.4, -0.2) is 23.6 Å². The molecule has 2 nitrogen and oxygen atoms in total. The summed E-state index contributed by atoms with van der Waals surface area (Å²) in [5, 5.41) is 1.10. The minimum atomic E-state index is -0.305. The first-order chi connectivity index (χ1) is 9.06. The smallest absolute Gasteiger partial charge is 0.333 e. The highest BCUT2D eigenvalue weighted by molar-refractivity contribution is 8.19. The number of thioether (sulfide) groups is 2. The summed E-state index contributed by atoms with van der Waals surface area (Å²) < 4.78 is 5.59. The van der Waals surface area contributed by atoms with Crippen molar-refractivity contribution in [1.29, 1.82) is 0 Å². The zero-order valence-electron chi connectivity index (χ0n) is 10.6. The summed E-state index contributed by atoms with van der Waals surface area (Å²) in [7, 11) is 0. The van der Waals surface area contributed by atoms with Gasteiger partial charge < -0.3 is 4.74 Å². The van der Waals surface area contributed by atoms with Crippen LogP contribution in [0, 0.1) is 0 Å². The Morgan fingerprint density at radius 3 is 2.79 bits per heavy atom. The van der Waals surface area contributed by atoms with E-state index in [4.69, 9.17) is 16.3 Å². The Bertz CT molecular complexity index is 473. The molecule has 1 fully saturated rings. The van der Waals surface area contributed by atoms with E-state index in [0.717, 1.165) is 10.8 Å². The Balaban J connectivity index is 1.84. The summed E-state index contributed by atoms with van der Waals surface area (Å²) in [6.45, 7) is 5.69. The number of rotatable bonds is 4. The second kappa shape index (κ2) is 6.73. The third-order valence-corrected chi connectivity index (χ3v) is 6.22. The van der Waals surface area contributed by atoms with Crippen LogP contribution >= 0.6 is 35.1 Å². The van der Waals surface area contributed by atoms with Gasteiger partial charge in [0, 0.05) is 21.6 Å². The predicted octanol–water partition coefficient (Wildman–Crippen LogP) is 4.31. The van der Waals surface area contributed by atoms with Crippen LogP contribution in [0.3, 0.4) is 0 Å².